The molecule has 2 aliphatic heterocycles. The predicted molar refractivity (Wildman–Crippen MR) is 234 cm³/mol. The summed E-state index contributed by atoms with van der Waals surface area (Å²) in [5.74, 6) is 0.224. The molecule has 2 fully saturated rings. The molecule has 2 amide bonds. The van der Waals surface area contributed by atoms with Crippen molar-refractivity contribution in [3.8, 4) is 0 Å². The number of hydrogen-bond donors (Lipinski definition) is 0. The first-order valence-corrected chi connectivity index (χ1v) is 22.5. The highest BCUT2D eigenvalue weighted by molar-refractivity contribution is 5.78. The molecule has 6 rings (SSSR count). The average molecular weight is 989 g/mol. The van der Waals surface area contributed by atoms with Gasteiger partial charge in [-0.3, -0.25) is 9.59 Å². The Morgan fingerprint density at radius 2 is 0.826 bits per heavy atom. The number of piperidine rings is 2. The van der Waals surface area contributed by atoms with Gasteiger partial charge >= 0.3 is 24.7 Å². The summed E-state index contributed by atoms with van der Waals surface area (Å²) in [6, 6.07) is 21.9. The Kier molecular flexibility index (Phi) is 17.7. The molecule has 378 valence electrons. The van der Waals surface area contributed by atoms with E-state index in [1.165, 1.54) is 0 Å². The molecule has 0 unspecified atom stereocenters. The lowest BCUT2D eigenvalue weighted by Gasteiger charge is -2.42. The zero-order valence-corrected chi connectivity index (χ0v) is 38.6. The van der Waals surface area contributed by atoms with Crippen LogP contribution >= 0.6 is 0 Å². The summed E-state index contributed by atoms with van der Waals surface area (Å²) < 4.78 is 169. The first-order chi connectivity index (χ1) is 32.1. The number of alkyl halides is 12. The maximum absolute atomic E-state index is 13.2. The molecule has 0 saturated carbocycles. The summed E-state index contributed by atoms with van der Waals surface area (Å²) >= 11 is 0. The van der Waals surface area contributed by atoms with E-state index < -0.39 is 71.0 Å². The molecule has 2 aliphatic rings. The summed E-state index contributed by atoms with van der Waals surface area (Å²) in [5, 5.41) is 0. The van der Waals surface area contributed by atoms with Crippen molar-refractivity contribution in [2.45, 2.75) is 109 Å². The van der Waals surface area contributed by atoms with Crippen LogP contribution in [0.4, 0.5) is 52.7 Å². The average Bonchev–Trinajstić information content (AvgIpc) is 3.28. The second-order valence-corrected chi connectivity index (χ2v) is 18.6. The fourth-order valence-electron chi connectivity index (χ4n) is 8.73. The Labute approximate surface area is 394 Å². The number of hydrogen-bond acceptors (Lipinski definition) is 4. The Balaban J connectivity index is 0.000000258. The number of rotatable bonds is 13. The second kappa shape index (κ2) is 22.3. The van der Waals surface area contributed by atoms with Gasteiger partial charge in [-0.1, -0.05) is 88.4 Å². The zero-order valence-electron chi connectivity index (χ0n) is 38.6. The molecule has 69 heavy (non-hydrogen) atoms. The zero-order chi connectivity index (χ0) is 51.0. The third-order valence-corrected chi connectivity index (χ3v) is 12.5. The molecule has 2 heterocycles. The van der Waals surface area contributed by atoms with Gasteiger partial charge in [0.1, 0.15) is 0 Å². The van der Waals surface area contributed by atoms with Gasteiger partial charge in [-0.15, -0.1) is 0 Å². The van der Waals surface area contributed by atoms with E-state index >= 15 is 0 Å². The molecule has 0 bridgehead atoms. The van der Waals surface area contributed by atoms with Crippen LogP contribution in [0.2, 0.25) is 0 Å². The molecule has 0 atom stereocenters. The van der Waals surface area contributed by atoms with Gasteiger partial charge < -0.3 is 19.3 Å². The summed E-state index contributed by atoms with van der Waals surface area (Å²) in [6.45, 7) is 9.05. The van der Waals surface area contributed by atoms with Crippen LogP contribution in [0.1, 0.15) is 104 Å². The second-order valence-electron chi connectivity index (χ2n) is 18.6. The third-order valence-electron chi connectivity index (χ3n) is 12.5. The van der Waals surface area contributed by atoms with Crippen molar-refractivity contribution in [3.63, 3.8) is 0 Å². The van der Waals surface area contributed by atoms with Crippen LogP contribution in [0.3, 0.4) is 0 Å². The van der Waals surface area contributed by atoms with Crippen molar-refractivity contribution in [1.82, 2.24) is 9.80 Å². The van der Waals surface area contributed by atoms with Crippen molar-refractivity contribution in [1.29, 1.82) is 0 Å². The molecule has 0 radical (unpaired) electrons. The Morgan fingerprint density at radius 3 is 1.12 bits per heavy atom. The van der Waals surface area contributed by atoms with Gasteiger partial charge in [-0.25, -0.2) is 0 Å². The molecule has 4 aromatic rings. The quantitative estimate of drug-likeness (QED) is 0.125. The number of halogens is 12. The lowest BCUT2D eigenvalue weighted by atomic mass is 9.73. The van der Waals surface area contributed by atoms with Crippen LogP contribution in [0, 0.1) is 11.8 Å². The standard InChI is InChI=1S/C26H29F6NO2.C25H27F6NO2/c1-18(2)12-23(34)33-10-8-24(9-11-33,20-6-4-3-5-7-20)17-35-16-19-13-21(25(27,28)29)15-22(14-19)26(30,31)32;1-17(2)22(33)32-10-8-23(9-11-32,19-6-4-3-5-7-19)16-34-15-18-12-20(24(26,27)28)14-21(13-18)25(29,30)31/h3-7,13-15,18H,8-12,16-17H2,1-2H3;3-7,12-14,17H,8-11,15-16H2,1-2H3. The Hall–Kier alpha value is -5.10. The Morgan fingerprint density at radius 1 is 0.507 bits per heavy atom. The maximum Gasteiger partial charge on any atom is 0.416 e. The van der Waals surface area contributed by atoms with Gasteiger partial charge in [-0.05, 0) is 90.3 Å². The first kappa shape index (κ1) is 54.8. The molecule has 2 saturated heterocycles. The van der Waals surface area contributed by atoms with E-state index in [9.17, 15) is 62.3 Å². The minimum atomic E-state index is -4.91. The molecule has 0 spiro atoms. The molecule has 4 aromatic carbocycles. The monoisotopic (exact) mass is 988 g/mol. The number of carbonyl (C=O) groups is 2. The molecular formula is C51H56F12N2O4. The van der Waals surface area contributed by atoms with Gasteiger partial charge in [-0.2, -0.15) is 52.7 Å². The topological polar surface area (TPSA) is 59.1 Å². The van der Waals surface area contributed by atoms with Gasteiger partial charge in [0, 0.05) is 49.3 Å². The van der Waals surface area contributed by atoms with Crippen molar-refractivity contribution < 1.29 is 71.7 Å². The van der Waals surface area contributed by atoms with E-state index in [0.717, 1.165) is 11.1 Å². The van der Waals surface area contributed by atoms with E-state index in [0.29, 0.717) is 82.5 Å². The smallest absolute Gasteiger partial charge is 0.376 e. The summed E-state index contributed by atoms with van der Waals surface area (Å²) in [4.78, 5) is 28.5. The highest BCUT2D eigenvalue weighted by Gasteiger charge is 2.42. The van der Waals surface area contributed by atoms with E-state index in [1.807, 2.05) is 93.3 Å². The van der Waals surface area contributed by atoms with E-state index in [1.54, 1.807) is 4.90 Å². The van der Waals surface area contributed by atoms with Crippen LogP contribution in [0.25, 0.3) is 0 Å². The van der Waals surface area contributed by atoms with E-state index in [2.05, 4.69) is 0 Å². The van der Waals surface area contributed by atoms with Crippen LogP contribution in [0.5, 0.6) is 0 Å². The maximum atomic E-state index is 13.2. The number of carbonyl (C=O) groups excluding carboxylic acids is 2. The summed E-state index contributed by atoms with van der Waals surface area (Å²) in [6.07, 6.45) is -16.9. The lowest BCUT2D eigenvalue weighted by molar-refractivity contribution is -0.144. The van der Waals surface area contributed by atoms with E-state index in [4.69, 9.17) is 9.47 Å². The minimum absolute atomic E-state index is 0.0474. The lowest BCUT2D eigenvalue weighted by Crippen LogP contribution is -2.48. The van der Waals surface area contributed by atoms with Crippen LogP contribution in [-0.2, 0) is 67.8 Å². The van der Waals surface area contributed by atoms with Crippen LogP contribution in [0.15, 0.2) is 97.1 Å². The molecule has 18 heteroatoms. The molecule has 0 aromatic heterocycles. The van der Waals surface area contributed by atoms with Gasteiger partial charge in [0.05, 0.1) is 48.7 Å². The van der Waals surface area contributed by atoms with Crippen molar-refractivity contribution in [2.24, 2.45) is 11.8 Å². The highest BCUT2D eigenvalue weighted by atomic mass is 19.4. The van der Waals surface area contributed by atoms with Crippen LogP contribution in [-0.4, -0.2) is 61.0 Å². The number of nitrogens with zero attached hydrogens (tertiary/aromatic N) is 2. The minimum Gasteiger partial charge on any atom is -0.376 e. The predicted octanol–water partition coefficient (Wildman–Crippen LogP) is 13.3. The number of benzene rings is 4. The molecule has 0 N–H and O–H groups in total. The molecule has 0 aliphatic carbocycles. The van der Waals surface area contributed by atoms with Crippen LogP contribution < -0.4 is 0 Å². The summed E-state index contributed by atoms with van der Waals surface area (Å²) in [7, 11) is 0. The SMILES string of the molecule is CC(C)C(=O)N1CCC(COCc2cc(C(F)(F)F)cc(C(F)(F)F)c2)(c2ccccc2)CC1.CC(C)CC(=O)N1CCC(COCc2cc(C(F)(F)F)cc(C(F)(F)F)c2)(c2ccccc2)CC1. The van der Waals surface area contributed by atoms with Gasteiger partial charge in [0.15, 0.2) is 0 Å². The van der Waals surface area contributed by atoms with Gasteiger partial charge in [0.2, 0.25) is 11.8 Å². The highest BCUT2D eigenvalue weighted by Crippen LogP contribution is 2.41. The number of likely N-dealkylation sites (tertiary alicyclic amines) is 2. The first-order valence-electron chi connectivity index (χ1n) is 22.5. The Bertz CT molecular complexity index is 2230. The summed E-state index contributed by atoms with van der Waals surface area (Å²) in [5.41, 5.74) is -4.89. The normalized spacial score (nSPS) is 16.6. The fraction of sp³-hybridized carbons (Fsp3) is 0.490. The van der Waals surface area contributed by atoms with E-state index in [-0.39, 0.29) is 60.1 Å². The van der Waals surface area contributed by atoms with Crippen molar-refractivity contribution in [2.75, 3.05) is 39.4 Å². The third kappa shape index (κ3) is 15.0. The molecule has 6 nitrogen and oxygen atoms in total. The largest absolute Gasteiger partial charge is 0.416 e. The fourth-order valence-corrected chi connectivity index (χ4v) is 8.73. The van der Waals surface area contributed by atoms with Crippen molar-refractivity contribution >= 4 is 11.8 Å². The number of amides is 2. The molecular weight excluding hydrogens is 933 g/mol. The number of ether oxygens (including phenoxy) is 2. The van der Waals surface area contributed by atoms with Gasteiger partial charge in [0.25, 0.3) is 0 Å². The van der Waals surface area contributed by atoms with Crippen molar-refractivity contribution in [3.05, 3.63) is 142 Å².